The summed E-state index contributed by atoms with van der Waals surface area (Å²) < 4.78 is 0. The summed E-state index contributed by atoms with van der Waals surface area (Å²) in [6, 6.07) is 14.1. The molecule has 1 saturated carbocycles. The van der Waals surface area contributed by atoms with Gasteiger partial charge in [0.05, 0.1) is 5.56 Å². The van der Waals surface area contributed by atoms with Crippen molar-refractivity contribution in [2.75, 3.05) is 13.6 Å². The number of hydrogen-bond donors (Lipinski definition) is 1. The fourth-order valence-corrected chi connectivity index (χ4v) is 3.59. The first-order valence-electron chi connectivity index (χ1n) is 7.79. The first-order chi connectivity index (χ1) is 10.9. The molecule has 23 heavy (non-hydrogen) atoms. The van der Waals surface area contributed by atoms with Gasteiger partial charge < -0.3 is 9.88 Å². The lowest BCUT2D eigenvalue weighted by molar-refractivity contribution is 0.0770. The number of rotatable bonds is 4. The van der Waals surface area contributed by atoms with Crippen LogP contribution in [0.1, 0.15) is 41.9 Å². The minimum Gasteiger partial charge on any atom is -0.356 e. The molecule has 1 aliphatic carbocycles. The molecule has 1 N–H and O–H groups in total. The van der Waals surface area contributed by atoms with Crippen LogP contribution < -0.4 is 0 Å². The monoisotopic (exact) mass is 307 g/mol. The van der Waals surface area contributed by atoms with E-state index in [9.17, 15) is 4.79 Å². The molecule has 1 aromatic carbocycles. The number of benzene rings is 1. The zero-order valence-corrected chi connectivity index (χ0v) is 13.8. The molecule has 0 saturated heterocycles. The maximum atomic E-state index is 12.6. The van der Waals surface area contributed by atoms with Crippen molar-refractivity contribution in [2.45, 2.75) is 25.7 Å². The highest BCUT2D eigenvalue weighted by atomic mass is 16.2. The molecule has 0 unspecified atom stereocenters. The number of likely N-dealkylation sites (N-methyl/N-ethyl adjacent to an activating group) is 1. The summed E-state index contributed by atoms with van der Waals surface area (Å²) in [5.41, 5.74) is 2.41. The van der Waals surface area contributed by atoms with Crippen LogP contribution >= 0.6 is 0 Å². The fraction of sp³-hybridized carbons (Fsp3) is 0.368. The number of aromatic nitrogens is 1. The number of hydrogen-bond acceptors (Lipinski definition) is 2. The van der Waals surface area contributed by atoms with Crippen LogP contribution in [0.15, 0.2) is 42.6 Å². The third kappa shape index (κ3) is 2.53. The summed E-state index contributed by atoms with van der Waals surface area (Å²) >= 11 is 0. The number of amides is 1. The number of nitrogens with zero attached hydrogens (tertiary/aromatic N) is 2. The fourth-order valence-electron chi connectivity index (χ4n) is 3.59. The van der Waals surface area contributed by atoms with Crippen molar-refractivity contribution in [2.24, 2.45) is 5.41 Å². The summed E-state index contributed by atoms with van der Waals surface area (Å²) in [7, 11) is 1.83. The Hall–Kier alpha value is -2.54. The Bertz CT molecular complexity index is 769. The van der Waals surface area contributed by atoms with Crippen LogP contribution in [0, 0.1) is 16.7 Å². The van der Waals surface area contributed by atoms with Crippen LogP contribution in [0.25, 0.3) is 0 Å². The molecule has 1 heterocycles. The van der Waals surface area contributed by atoms with Gasteiger partial charge in [-0.2, -0.15) is 5.26 Å². The zero-order chi connectivity index (χ0) is 16.7. The average molecular weight is 307 g/mol. The van der Waals surface area contributed by atoms with E-state index in [2.05, 4.69) is 43.1 Å². The number of nitrogens with one attached hydrogen (secondary N) is 1. The predicted octanol–water partition coefficient (Wildman–Crippen LogP) is 3.33. The molecule has 118 valence electrons. The molecule has 0 aliphatic heterocycles. The standard InChI is InChI=1S/C19H21N3O/c1-18(2)12-19(18,15-7-5-4-6-8-15)13-22(3)17(23)16-9-14(10-20)11-21-16/h4-9,11,21H,12-13H2,1-3H3/t19-/m0/s1. The molecule has 1 amide bonds. The van der Waals surface area contributed by atoms with Crippen molar-refractivity contribution in [1.29, 1.82) is 5.26 Å². The highest BCUT2D eigenvalue weighted by Crippen LogP contribution is 2.64. The van der Waals surface area contributed by atoms with Crippen molar-refractivity contribution in [3.05, 3.63) is 59.4 Å². The Morgan fingerprint density at radius 1 is 1.35 bits per heavy atom. The lowest BCUT2D eigenvalue weighted by Gasteiger charge is -2.27. The van der Waals surface area contributed by atoms with Gasteiger partial charge in [0.15, 0.2) is 0 Å². The van der Waals surface area contributed by atoms with Gasteiger partial charge in [-0.3, -0.25) is 4.79 Å². The van der Waals surface area contributed by atoms with Crippen LogP contribution in [0.5, 0.6) is 0 Å². The maximum absolute atomic E-state index is 12.6. The second-order valence-corrected chi connectivity index (χ2v) is 7.08. The first-order valence-corrected chi connectivity index (χ1v) is 7.79. The van der Waals surface area contributed by atoms with Crippen molar-refractivity contribution in [1.82, 2.24) is 9.88 Å². The van der Waals surface area contributed by atoms with Crippen molar-refractivity contribution >= 4 is 5.91 Å². The highest BCUT2D eigenvalue weighted by Gasteiger charge is 2.62. The molecule has 1 aromatic heterocycles. The third-order valence-electron chi connectivity index (χ3n) is 5.14. The number of aromatic amines is 1. The topological polar surface area (TPSA) is 59.9 Å². The number of carbonyl (C=O) groups excluding carboxylic acids is 1. The smallest absolute Gasteiger partial charge is 0.270 e. The summed E-state index contributed by atoms with van der Waals surface area (Å²) in [6.45, 7) is 5.17. The van der Waals surface area contributed by atoms with Gasteiger partial charge in [0.1, 0.15) is 11.8 Å². The van der Waals surface area contributed by atoms with E-state index in [0.29, 0.717) is 17.8 Å². The molecule has 0 bridgehead atoms. The van der Waals surface area contributed by atoms with Gasteiger partial charge in [-0.15, -0.1) is 0 Å². The maximum Gasteiger partial charge on any atom is 0.270 e. The molecule has 3 rings (SSSR count). The summed E-state index contributed by atoms with van der Waals surface area (Å²) in [4.78, 5) is 17.3. The third-order valence-corrected chi connectivity index (χ3v) is 5.14. The second-order valence-electron chi connectivity index (χ2n) is 7.08. The molecule has 4 nitrogen and oxygen atoms in total. The largest absolute Gasteiger partial charge is 0.356 e. The molecular formula is C19H21N3O. The molecule has 4 heteroatoms. The Morgan fingerprint density at radius 2 is 2.00 bits per heavy atom. The van der Waals surface area contributed by atoms with E-state index in [-0.39, 0.29) is 16.7 Å². The Balaban J connectivity index is 1.82. The van der Waals surface area contributed by atoms with Gasteiger partial charge in [-0.05, 0) is 23.5 Å². The van der Waals surface area contributed by atoms with E-state index in [1.165, 1.54) is 5.56 Å². The minimum absolute atomic E-state index is 0.00330. The van der Waals surface area contributed by atoms with Crippen molar-refractivity contribution in [3.63, 3.8) is 0 Å². The normalized spacial score (nSPS) is 21.5. The number of carbonyl (C=O) groups is 1. The highest BCUT2D eigenvalue weighted by molar-refractivity contribution is 5.92. The Morgan fingerprint density at radius 3 is 2.52 bits per heavy atom. The Kier molecular flexibility index (Phi) is 3.52. The molecule has 2 aromatic rings. The SMILES string of the molecule is CN(C[C@]1(c2ccccc2)CC1(C)C)C(=O)c1cc(C#N)c[nH]1. The van der Waals surface area contributed by atoms with Crippen molar-refractivity contribution < 1.29 is 4.79 Å². The number of nitriles is 1. The van der Waals surface area contributed by atoms with Crippen LogP contribution in [0.3, 0.4) is 0 Å². The molecule has 1 fully saturated rings. The number of H-pyrrole nitrogens is 1. The van der Waals surface area contributed by atoms with Gasteiger partial charge in [0.2, 0.25) is 0 Å². The van der Waals surface area contributed by atoms with Gasteiger partial charge in [-0.1, -0.05) is 44.2 Å². The van der Waals surface area contributed by atoms with Crippen LogP contribution in [-0.2, 0) is 5.41 Å². The lowest BCUT2D eigenvalue weighted by Crippen LogP contribution is -2.36. The van der Waals surface area contributed by atoms with Crippen LogP contribution in [-0.4, -0.2) is 29.4 Å². The first kappa shape index (κ1) is 15.4. The Labute approximate surface area is 136 Å². The van der Waals surface area contributed by atoms with Crippen molar-refractivity contribution in [3.8, 4) is 6.07 Å². The van der Waals surface area contributed by atoms with E-state index >= 15 is 0 Å². The quantitative estimate of drug-likeness (QED) is 0.942. The minimum atomic E-state index is -0.0792. The van der Waals surface area contributed by atoms with E-state index in [1.54, 1.807) is 17.2 Å². The molecule has 0 radical (unpaired) electrons. The van der Waals surface area contributed by atoms with Crippen LogP contribution in [0.2, 0.25) is 0 Å². The van der Waals surface area contributed by atoms with E-state index in [1.807, 2.05) is 19.2 Å². The predicted molar refractivity (Wildman–Crippen MR) is 89.0 cm³/mol. The van der Waals surface area contributed by atoms with Gasteiger partial charge in [-0.25, -0.2) is 0 Å². The van der Waals surface area contributed by atoms with Crippen LogP contribution in [0.4, 0.5) is 0 Å². The molecule has 0 spiro atoms. The van der Waals surface area contributed by atoms with Gasteiger partial charge in [0.25, 0.3) is 5.91 Å². The summed E-state index contributed by atoms with van der Waals surface area (Å²) in [5, 5.41) is 8.89. The van der Waals surface area contributed by atoms with E-state index < -0.39 is 0 Å². The summed E-state index contributed by atoms with van der Waals surface area (Å²) in [5.74, 6) is -0.0792. The van der Waals surface area contributed by atoms with Gasteiger partial charge >= 0.3 is 0 Å². The molecule has 1 atom stereocenters. The van der Waals surface area contributed by atoms with E-state index in [4.69, 9.17) is 5.26 Å². The summed E-state index contributed by atoms with van der Waals surface area (Å²) in [6.07, 6.45) is 2.63. The van der Waals surface area contributed by atoms with E-state index in [0.717, 1.165) is 6.42 Å². The second kappa shape index (κ2) is 5.27. The zero-order valence-electron chi connectivity index (χ0n) is 13.8. The molecule has 1 aliphatic rings. The van der Waals surface area contributed by atoms with Gasteiger partial charge in [0, 0.05) is 25.2 Å². The average Bonchev–Trinajstić information content (AvgIpc) is 2.91. The lowest BCUT2D eigenvalue weighted by atomic mass is 9.87. The molecular weight excluding hydrogens is 286 g/mol.